The largest absolute Gasteiger partial charge is 0.497 e. The molecule has 3 aromatic rings. The molecule has 0 unspecified atom stereocenters. The fraction of sp³-hybridized carbons (Fsp3) is 0.310. The lowest BCUT2D eigenvalue weighted by Gasteiger charge is -2.41. The van der Waals surface area contributed by atoms with Crippen molar-refractivity contribution < 1.29 is 41.7 Å². The third-order valence-electron chi connectivity index (χ3n) is 6.80. The van der Waals surface area contributed by atoms with E-state index >= 15 is 0 Å². The molecule has 1 aliphatic heterocycles. The van der Waals surface area contributed by atoms with Gasteiger partial charge in [-0.2, -0.15) is 13.2 Å². The lowest BCUT2D eigenvalue weighted by molar-refractivity contribution is -0.137. The molecule has 2 amide bonds. The van der Waals surface area contributed by atoms with Gasteiger partial charge in [-0.1, -0.05) is 12.1 Å². The molecule has 8 nitrogen and oxygen atoms in total. The summed E-state index contributed by atoms with van der Waals surface area (Å²) in [7, 11) is 5.91. The highest BCUT2D eigenvalue weighted by atomic mass is 19.4. The van der Waals surface area contributed by atoms with Crippen molar-refractivity contribution in [1.29, 1.82) is 0 Å². The average molecular weight is 559 g/mol. The summed E-state index contributed by atoms with van der Waals surface area (Å²) in [6.07, 6.45) is -4.20. The molecule has 1 aliphatic rings. The van der Waals surface area contributed by atoms with Gasteiger partial charge in [0.05, 0.1) is 51.6 Å². The van der Waals surface area contributed by atoms with Gasteiger partial charge in [0.1, 0.15) is 5.75 Å². The van der Waals surface area contributed by atoms with E-state index in [9.17, 15) is 22.8 Å². The first-order valence-corrected chi connectivity index (χ1v) is 12.4. The van der Waals surface area contributed by atoms with E-state index in [1.54, 1.807) is 36.4 Å². The summed E-state index contributed by atoms with van der Waals surface area (Å²) in [6.45, 7) is 0. The molecule has 0 aromatic heterocycles. The maximum atomic E-state index is 13.6. The molecular weight excluding hydrogens is 529 g/mol. The fourth-order valence-corrected chi connectivity index (χ4v) is 4.84. The van der Waals surface area contributed by atoms with E-state index in [4.69, 9.17) is 18.9 Å². The summed E-state index contributed by atoms with van der Waals surface area (Å²) in [6, 6.07) is 13.7. The van der Waals surface area contributed by atoms with Crippen LogP contribution in [0.5, 0.6) is 23.0 Å². The van der Waals surface area contributed by atoms with E-state index in [1.807, 2.05) is 0 Å². The van der Waals surface area contributed by atoms with Crippen LogP contribution < -0.4 is 29.2 Å². The molecule has 1 heterocycles. The van der Waals surface area contributed by atoms with Crippen molar-refractivity contribution in [1.82, 2.24) is 0 Å². The van der Waals surface area contributed by atoms with Crippen LogP contribution in [0.4, 0.5) is 24.5 Å². The predicted octanol–water partition coefficient (Wildman–Crippen LogP) is 5.86. The minimum Gasteiger partial charge on any atom is -0.497 e. The highest BCUT2D eigenvalue weighted by Crippen LogP contribution is 2.46. The number of carbonyl (C=O) groups excluding carboxylic acids is 2. The van der Waals surface area contributed by atoms with Crippen LogP contribution in [-0.2, 0) is 15.8 Å². The number of hydrogen-bond donors (Lipinski definition) is 1. The SMILES string of the molecule is COc1ccc([C@@H]2[C@H](C(=O)Nc3ccc(C(F)(F)F)cc3)CCC(=O)N2c2cc(OC)c(OC)c(OC)c2)cc1. The van der Waals surface area contributed by atoms with Gasteiger partial charge in [0.25, 0.3) is 0 Å². The molecule has 0 saturated carbocycles. The zero-order valence-electron chi connectivity index (χ0n) is 22.4. The second-order valence-electron chi connectivity index (χ2n) is 9.07. The van der Waals surface area contributed by atoms with E-state index in [0.717, 1.165) is 12.1 Å². The molecule has 0 radical (unpaired) electrons. The van der Waals surface area contributed by atoms with Gasteiger partial charge in [-0.05, 0) is 48.4 Å². The zero-order valence-corrected chi connectivity index (χ0v) is 22.4. The summed E-state index contributed by atoms with van der Waals surface area (Å²) in [5, 5.41) is 2.72. The molecule has 4 rings (SSSR count). The molecule has 0 spiro atoms. The second-order valence-corrected chi connectivity index (χ2v) is 9.07. The fourth-order valence-electron chi connectivity index (χ4n) is 4.84. The van der Waals surface area contributed by atoms with Crippen LogP contribution in [0.3, 0.4) is 0 Å². The van der Waals surface area contributed by atoms with Crippen LogP contribution in [-0.4, -0.2) is 40.3 Å². The van der Waals surface area contributed by atoms with Crippen molar-refractivity contribution in [3.63, 3.8) is 0 Å². The Balaban J connectivity index is 1.77. The van der Waals surface area contributed by atoms with Crippen LogP contribution in [0, 0.1) is 5.92 Å². The Morgan fingerprint density at radius 2 is 1.48 bits per heavy atom. The van der Waals surface area contributed by atoms with Gasteiger partial charge in [-0.15, -0.1) is 0 Å². The lowest BCUT2D eigenvalue weighted by Crippen LogP contribution is -2.47. The molecular formula is C29H29F3N2O6. The Hall–Kier alpha value is -4.41. The monoisotopic (exact) mass is 558 g/mol. The lowest BCUT2D eigenvalue weighted by atomic mass is 9.83. The Morgan fingerprint density at radius 1 is 0.875 bits per heavy atom. The van der Waals surface area contributed by atoms with Gasteiger partial charge in [0, 0.05) is 24.2 Å². The molecule has 11 heteroatoms. The minimum absolute atomic E-state index is 0.0639. The first-order valence-electron chi connectivity index (χ1n) is 12.4. The number of benzene rings is 3. The average Bonchev–Trinajstić information content (AvgIpc) is 2.95. The first kappa shape index (κ1) is 28.6. The summed E-state index contributed by atoms with van der Waals surface area (Å²) >= 11 is 0. The molecule has 0 aliphatic carbocycles. The molecule has 1 saturated heterocycles. The highest BCUT2D eigenvalue weighted by molar-refractivity contribution is 6.00. The summed E-state index contributed by atoms with van der Waals surface area (Å²) < 4.78 is 60.7. The molecule has 40 heavy (non-hydrogen) atoms. The van der Waals surface area contributed by atoms with Gasteiger partial charge in [0.2, 0.25) is 17.6 Å². The number of nitrogens with zero attached hydrogens (tertiary/aromatic N) is 1. The smallest absolute Gasteiger partial charge is 0.416 e. The number of halogens is 3. The van der Waals surface area contributed by atoms with Crippen LogP contribution in [0.1, 0.15) is 30.0 Å². The van der Waals surface area contributed by atoms with Crippen molar-refractivity contribution in [2.24, 2.45) is 5.92 Å². The van der Waals surface area contributed by atoms with Gasteiger partial charge in [-0.3, -0.25) is 9.59 Å². The second kappa shape index (κ2) is 11.8. The maximum absolute atomic E-state index is 13.6. The number of carbonyl (C=O) groups is 2. The Bertz CT molecular complexity index is 1330. The number of ether oxygens (including phenoxy) is 4. The Labute approximate surface area is 229 Å². The number of hydrogen-bond acceptors (Lipinski definition) is 6. The van der Waals surface area contributed by atoms with Gasteiger partial charge in [0.15, 0.2) is 11.5 Å². The number of nitrogens with one attached hydrogen (secondary N) is 1. The predicted molar refractivity (Wildman–Crippen MR) is 142 cm³/mol. The Kier molecular flexibility index (Phi) is 8.41. The van der Waals surface area contributed by atoms with Crippen molar-refractivity contribution in [2.75, 3.05) is 38.7 Å². The van der Waals surface area contributed by atoms with Crippen molar-refractivity contribution in [3.8, 4) is 23.0 Å². The zero-order chi connectivity index (χ0) is 29.0. The number of anilines is 2. The van der Waals surface area contributed by atoms with Crippen LogP contribution in [0.25, 0.3) is 0 Å². The highest BCUT2D eigenvalue weighted by Gasteiger charge is 2.42. The first-order chi connectivity index (χ1) is 19.1. The van der Waals surface area contributed by atoms with E-state index < -0.39 is 29.6 Å². The number of amides is 2. The summed E-state index contributed by atoms with van der Waals surface area (Å²) in [5.74, 6) is 0.183. The van der Waals surface area contributed by atoms with E-state index in [-0.39, 0.29) is 24.4 Å². The standard InChI is InChI=1S/C29H29F3N2O6/c1-37-21-11-5-17(6-12-21)26-22(28(36)33-19-9-7-18(8-10-19)29(30,31)32)13-14-25(35)34(26)20-15-23(38-2)27(40-4)24(16-20)39-3/h5-12,15-16,22,26H,13-14H2,1-4H3,(H,33,36)/t22-,26-/m1/s1. The maximum Gasteiger partial charge on any atom is 0.416 e. The minimum atomic E-state index is -4.49. The third-order valence-corrected chi connectivity index (χ3v) is 6.80. The number of rotatable bonds is 8. The number of methoxy groups -OCH3 is 4. The van der Waals surface area contributed by atoms with Crippen molar-refractivity contribution in [3.05, 3.63) is 71.8 Å². The van der Waals surface area contributed by atoms with Crippen LogP contribution >= 0.6 is 0 Å². The Morgan fingerprint density at radius 3 is 1.98 bits per heavy atom. The number of alkyl halides is 3. The van der Waals surface area contributed by atoms with Gasteiger partial charge in [-0.25, -0.2) is 0 Å². The van der Waals surface area contributed by atoms with Crippen LogP contribution in [0.15, 0.2) is 60.7 Å². The number of piperidine rings is 1. The van der Waals surface area contributed by atoms with Gasteiger partial charge >= 0.3 is 6.18 Å². The molecule has 212 valence electrons. The molecule has 3 aromatic carbocycles. The van der Waals surface area contributed by atoms with Crippen LogP contribution in [0.2, 0.25) is 0 Å². The topological polar surface area (TPSA) is 86.3 Å². The molecule has 1 fully saturated rings. The van der Waals surface area contributed by atoms with E-state index in [0.29, 0.717) is 34.2 Å². The van der Waals surface area contributed by atoms with Gasteiger partial charge < -0.3 is 29.2 Å². The quantitative estimate of drug-likeness (QED) is 0.373. The van der Waals surface area contributed by atoms with Crippen molar-refractivity contribution in [2.45, 2.75) is 25.1 Å². The molecule has 1 N–H and O–H groups in total. The van der Waals surface area contributed by atoms with Crippen molar-refractivity contribution >= 4 is 23.2 Å². The summed E-state index contributed by atoms with van der Waals surface area (Å²) in [5.41, 5.74) is 0.476. The normalized spacial score (nSPS) is 17.3. The van der Waals surface area contributed by atoms with E-state index in [2.05, 4.69) is 5.32 Å². The molecule has 0 bridgehead atoms. The summed E-state index contributed by atoms with van der Waals surface area (Å²) in [4.78, 5) is 28.6. The third kappa shape index (κ3) is 5.78. The van der Waals surface area contributed by atoms with E-state index in [1.165, 1.54) is 45.5 Å². The molecule has 2 atom stereocenters.